The van der Waals surface area contributed by atoms with Gasteiger partial charge in [-0.05, 0) is 57.4 Å². The summed E-state index contributed by atoms with van der Waals surface area (Å²) in [4.78, 5) is 35.0. The Morgan fingerprint density at radius 2 is 1.51 bits per heavy atom. The highest BCUT2D eigenvalue weighted by Crippen LogP contribution is 2.55. The van der Waals surface area contributed by atoms with Crippen LogP contribution >= 0.6 is 15.0 Å². The van der Waals surface area contributed by atoms with E-state index >= 15 is 0 Å². The van der Waals surface area contributed by atoms with Crippen molar-refractivity contribution in [1.82, 2.24) is 5.32 Å². The Hall–Kier alpha value is -2.72. The molecule has 41 heavy (non-hydrogen) atoms. The molecule has 0 fully saturated rings. The number of carbonyl (C=O) groups is 2. The number of methoxy groups -OCH3 is 1. The number of nitrogens with one attached hydrogen (secondary N) is 1. The topological polar surface area (TPSA) is 167 Å². The molecule has 0 aliphatic rings. The monoisotopic (exact) mass is 615 g/mol. The summed E-state index contributed by atoms with van der Waals surface area (Å²) in [5, 5.41) is 13.0. The Kier molecular flexibility index (Phi) is 13.5. The molecule has 0 aromatic heterocycles. The highest BCUT2D eigenvalue weighted by molar-refractivity contribution is 7.58. The van der Waals surface area contributed by atoms with E-state index in [1.807, 2.05) is 6.07 Å². The Labute approximate surface area is 240 Å². The highest BCUT2D eigenvalue weighted by atomic mass is 31.2. The van der Waals surface area contributed by atoms with E-state index in [-0.39, 0.29) is 42.9 Å². The van der Waals surface area contributed by atoms with Crippen molar-refractivity contribution >= 4 is 27.0 Å². The second kappa shape index (κ2) is 16.1. The third kappa shape index (κ3) is 12.0. The summed E-state index contributed by atoms with van der Waals surface area (Å²) in [6.07, 6.45) is -2.76. The van der Waals surface area contributed by atoms with E-state index in [9.17, 15) is 28.7 Å². The molecule has 0 radical (unpaired) electrons. The number of amides is 1. The van der Waals surface area contributed by atoms with Crippen LogP contribution in [0.25, 0.3) is 0 Å². The molecule has 12 nitrogen and oxygen atoms in total. The van der Waals surface area contributed by atoms with Crippen molar-refractivity contribution in [2.24, 2.45) is 0 Å². The molecule has 2 aromatic carbocycles. The third-order valence-corrected chi connectivity index (χ3v) is 9.31. The molecule has 0 heterocycles. The van der Waals surface area contributed by atoms with E-state index in [4.69, 9.17) is 23.3 Å². The van der Waals surface area contributed by atoms with Crippen LogP contribution in [0.3, 0.4) is 0 Å². The number of carbonyl (C=O) groups excluding carboxylic acids is 2. The first-order valence-corrected chi connectivity index (χ1v) is 16.6. The predicted molar refractivity (Wildman–Crippen MR) is 152 cm³/mol. The van der Waals surface area contributed by atoms with Gasteiger partial charge in [0.25, 0.3) is 0 Å². The number of alkyl carbamates (subject to hydrolysis) is 1. The molecular weight excluding hydrogens is 576 g/mol. The Balaban J connectivity index is 1.98. The Morgan fingerprint density at radius 1 is 0.927 bits per heavy atom. The zero-order valence-electron chi connectivity index (χ0n) is 23.8. The molecule has 0 bridgehead atoms. The number of benzene rings is 2. The second-order valence-corrected chi connectivity index (χ2v) is 14.0. The summed E-state index contributed by atoms with van der Waals surface area (Å²) >= 11 is 0. The van der Waals surface area contributed by atoms with Crippen molar-refractivity contribution in [3.63, 3.8) is 0 Å². The number of ether oxygens (including phenoxy) is 3. The molecule has 0 saturated carbocycles. The van der Waals surface area contributed by atoms with Crippen molar-refractivity contribution in [3.8, 4) is 5.75 Å². The Bertz CT molecular complexity index is 1190. The van der Waals surface area contributed by atoms with Gasteiger partial charge in [0, 0.05) is 6.16 Å². The number of esters is 1. The third-order valence-electron chi connectivity index (χ3n) is 5.42. The van der Waals surface area contributed by atoms with Crippen LogP contribution in [0.1, 0.15) is 51.1 Å². The largest absolute Gasteiger partial charge is 0.481 e. The van der Waals surface area contributed by atoms with Gasteiger partial charge in [0.1, 0.15) is 18.4 Å². The lowest BCUT2D eigenvalue weighted by Crippen LogP contribution is -2.42. The maximum atomic E-state index is 13.0. The predicted octanol–water partition coefficient (Wildman–Crippen LogP) is 5.19. The fraction of sp³-hybridized carbons (Fsp3) is 0.481. The first-order chi connectivity index (χ1) is 19.2. The average Bonchev–Trinajstić information content (AvgIpc) is 2.92. The van der Waals surface area contributed by atoms with Gasteiger partial charge in [-0.1, -0.05) is 42.5 Å². The van der Waals surface area contributed by atoms with Crippen LogP contribution < -0.4 is 10.1 Å². The molecular formula is C27H39NO11P2. The van der Waals surface area contributed by atoms with Crippen LogP contribution in [0.5, 0.6) is 5.75 Å². The maximum Gasteiger partial charge on any atom is 0.408 e. The van der Waals surface area contributed by atoms with Crippen LogP contribution in [0.15, 0.2) is 54.6 Å². The van der Waals surface area contributed by atoms with Gasteiger partial charge >= 0.3 is 19.7 Å². The van der Waals surface area contributed by atoms with Crippen molar-refractivity contribution in [1.29, 1.82) is 0 Å². The van der Waals surface area contributed by atoms with Crippen LogP contribution in [0, 0.1) is 0 Å². The highest BCUT2D eigenvalue weighted by Gasteiger charge is 2.34. The molecule has 1 amide bonds. The van der Waals surface area contributed by atoms with Crippen molar-refractivity contribution in [3.05, 3.63) is 65.7 Å². The zero-order chi connectivity index (χ0) is 30.6. The minimum absolute atomic E-state index is 0.0372. The minimum Gasteiger partial charge on any atom is -0.481 e. The number of hydrogen-bond donors (Lipinski definition) is 3. The van der Waals surface area contributed by atoms with Crippen molar-refractivity contribution in [2.75, 3.05) is 19.6 Å². The number of rotatable bonds is 16. The molecule has 0 aliphatic carbocycles. The fourth-order valence-electron chi connectivity index (χ4n) is 3.59. The van der Waals surface area contributed by atoms with Gasteiger partial charge in [0.15, 0.2) is 12.2 Å². The molecule has 2 rings (SSSR count). The van der Waals surface area contributed by atoms with E-state index in [0.29, 0.717) is 0 Å². The van der Waals surface area contributed by atoms with Gasteiger partial charge < -0.3 is 38.6 Å². The zero-order valence-corrected chi connectivity index (χ0v) is 25.6. The van der Waals surface area contributed by atoms with E-state index in [1.54, 1.807) is 52.0 Å². The molecule has 2 aromatic rings. The van der Waals surface area contributed by atoms with E-state index in [1.165, 1.54) is 24.3 Å². The van der Waals surface area contributed by atoms with Crippen LogP contribution in [0.2, 0.25) is 0 Å². The molecule has 0 spiro atoms. The summed E-state index contributed by atoms with van der Waals surface area (Å²) in [5.74, 6) is -2.34. The van der Waals surface area contributed by atoms with Gasteiger partial charge in [-0.3, -0.25) is 9.13 Å². The van der Waals surface area contributed by atoms with Gasteiger partial charge in [-0.2, -0.15) is 0 Å². The first-order valence-electron chi connectivity index (χ1n) is 13.0. The van der Waals surface area contributed by atoms with Gasteiger partial charge in [0.2, 0.25) is 7.37 Å². The van der Waals surface area contributed by atoms with E-state index < -0.39 is 45.1 Å². The quantitative estimate of drug-likeness (QED) is 0.168. The molecule has 228 valence electrons. The fourth-order valence-corrected chi connectivity index (χ4v) is 6.86. The summed E-state index contributed by atoms with van der Waals surface area (Å²) in [7, 11) is -6.71. The summed E-state index contributed by atoms with van der Waals surface area (Å²) < 4.78 is 52.2. The lowest BCUT2D eigenvalue weighted by molar-refractivity contribution is -0.143. The van der Waals surface area contributed by atoms with Crippen molar-refractivity contribution < 1.29 is 52.0 Å². The molecule has 2 unspecified atom stereocenters. The SMILES string of the molecule is COC(=O)[C@H](CCP(=O)(O)C(O)c1ccc(OCP(=O)(OC(C)C)OC(C)C)cc1)NC(=O)OCc1ccccc1. The standard InChI is InChI=1S/C27H39NO11P2/c1-19(2)38-41(34,39-20(3)4)18-37-23-13-11-22(12-14-23)26(30)40(32,33)16-15-24(25(29)35-5)28-27(31)36-17-21-9-7-6-8-10-21/h6-14,19-20,24,26,30H,15-18H2,1-5H3,(H,28,31)(H,32,33)/t24-,26?/m0/s1. The van der Waals surface area contributed by atoms with Gasteiger partial charge in [-0.25, -0.2) is 9.59 Å². The van der Waals surface area contributed by atoms with E-state index in [2.05, 4.69) is 5.32 Å². The van der Waals surface area contributed by atoms with Gasteiger partial charge in [-0.15, -0.1) is 0 Å². The first kappa shape index (κ1) is 34.5. The lowest BCUT2D eigenvalue weighted by atomic mass is 10.2. The van der Waals surface area contributed by atoms with Crippen LogP contribution in [-0.4, -0.2) is 59.9 Å². The van der Waals surface area contributed by atoms with Crippen LogP contribution in [0.4, 0.5) is 4.79 Å². The summed E-state index contributed by atoms with van der Waals surface area (Å²) in [6, 6.07) is 13.3. The molecule has 0 saturated heterocycles. The number of aliphatic hydroxyl groups is 1. The molecule has 3 atom stereocenters. The maximum absolute atomic E-state index is 13.0. The van der Waals surface area contributed by atoms with Crippen molar-refractivity contribution in [2.45, 2.75) is 64.8 Å². The molecule has 3 N–H and O–H groups in total. The van der Waals surface area contributed by atoms with E-state index in [0.717, 1.165) is 12.7 Å². The number of aliphatic hydroxyl groups excluding tert-OH is 1. The lowest BCUT2D eigenvalue weighted by Gasteiger charge is -2.23. The Morgan fingerprint density at radius 3 is 2.05 bits per heavy atom. The van der Waals surface area contributed by atoms with Crippen LogP contribution in [-0.2, 0) is 39.1 Å². The second-order valence-electron chi connectivity index (χ2n) is 9.69. The number of hydrogen-bond acceptors (Lipinski definition) is 10. The summed E-state index contributed by atoms with van der Waals surface area (Å²) in [5.41, 5.74) is 0.853. The normalized spacial score (nSPS) is 14.7. The molecule has 0 aliphatic heterocycles. The minimum atomic E-state index is -4.27. The molecule has 14 heteroatoms. The summed E-state index contributed by atoms with van der Waals surface area (Å²) in [6.45, 7) is 6.86. The average molecular weight is 616 g/mol. The smallest absolute Gasteiger partial charge is 0.408 e. The van der Waals surface area contributed by atoms with Gasteiger partial charge in [0.05, 0.1) is 19.3 Å².